The number of methoxy groups -OCH3 is 1. The predicted molar refractivity (Wildman–Crippen MR) is 116 cm³/mol. The van der Waals surface area contributed by atoms with Crippen LogP contribution >= 0.6 is 24.0 Å². The summed E-state index contributed by atoms with van der Waals surface area (Å²) in [5.74, 6) is 1.69. The summed E-state index contributed by atoms with van der Waals surface area (Å²) in [5, 5.41) is 12.3. The highest BCUT2D eigenvalue weighted by Gasteiger charge is 2.07. The quantitative estimate of drug-likeness (QED) is 0.402. The number of nitriles is 1. The Kier molecular flexibility index (Phi) is 9.52. The molecule has 2 rings (SSSR count). The van der Waals surface area contributed by atoms with Crippen molar-refractivity contribution in [3.8, 4) is 11.8 Å². The normalized spacial score (nSPS) is 10.5. The van der Waals surface area contributed by atoms with Gasteiger partial charge in [0.1, 0.15) is 5.75 Å². The molecule has 0 amide bonds. The second kappa shape index (κ2) is 11.4. The maximum atomic E-state index is 9.00. The number of hydrogen-bond donors (Lipinski definition) is 1. The van der Waals surface area contributed by atoms with Gasteiger partial charge in [0.25, 0.3) is 0 Å². The van der Waals surface area contributed by atoms with Crippen molar-refractivity contribution >= 4 is 29.9 Å². The SMILES string of the molecule is CCNC(=NCc1cccc(C#N)c1)N(C)Cc1ccc(OC)cc1.I. The fourth-order valence-electron chi connectivity index (χ4n) is 2.45. The minimum atomic E-state index is 0. The van der Waals surface area contributed by atoms with Gasteiger partial charge in [-0.3, -0.25) is 0 Å². The van der Waals surface area contributed by atoms with Gasteiger partial charge in [-0.1, -0.05) is 24.3 Å². The number of rotatable bonds is 6. The second-order valence-electron chi connectivity index (χ2n) is 5.69. The highest BCUT2D eigenvalue weighted by atomic mass is 127. The first kappa shape index (κ1) is 21.8. The Labute approximate surface area is 172 Å². The van der Waals surface area contributed by atoms with Gasteiger partial charge >= 0.3 is 0 Å². The van der Waals surface area contributed by atoms with Gasteiger partial charge in [0.05, 0.1) is 25.3 Å². The molecule has 0 aliphatic heterocycles. The Balaban J connectivity index is 0.00000338. The first-order valence-corrected chi connectivity index (χ1v) is 8.27. The van der Waals surface area contributed by atoms with E-state index in [9.17, 15) is 0 Å². The van der Waals surface area contributed by atoms with Crippen molar-refractivity contribution in [1.29, 1.82) is 5.26 Å². The molecule has 0 aliphatic carbocycles. The summed E-state index contributed by atoms with van der Waals surface area (Å²) >= 11 is 0. The van der Waals surface area contributed by atoms with Gasteiger partial charge in [-0.05, 0) is 42.3 Å². The van der Waals surface area contributed by atoms with Crippen LogP contribution in [0.1, 0.15) is 23.6 Å². The van der Waals surface area contributed by atoms with Crippen LogP contribution < -0.4 is 10.1 Å². The fourth-order valence-corrected chi connectivity index (χ4v) is 2.45. The predicted octanol–water partition coefficient (Wildman–Crippen LogP) is 3.78. The molecule has 0 unspecified atom stereocenters. The number of benzene rings is 2. The van der Waals surface area contributed by atoms with E-state index in [0.717, 1.165) is 30.4 Å². The lowest BCUT2D eigenvalue weighted by molar-refractivity contribution is 0.414. The van der Waals surface area contributed by atoms with E-state index in [1.807, 2.05) is 44.3 Å². The molecule has 0 spiro atoms. The Morgan fingerprint density at radius 2 is 1.92 bits per heavy atom. The van der Waals surface area contributed by atoms with Gasteiger partial charge < -0.3 is 15.0 Å². The van der Waals surface area contributed by atoms with Crippen molar-refractivity contribution in [2.45, 2.75) is 20.0 Å². The first-order chi connectivity index (χ1) is 12.2. The van der Waals surface area contributed by atoms with E-state index < -0.39 is 0 Å². The van der Waals surface area contributed by atoms with E-state index in [2.05, 4.69) is 33.4 Å². The molecule has 2 aromatic carbocycles. The lowest BCUT2D eigenvalue weighted by Crippen LogP contribution is -2.38. The Hall–Kier alpha value is -2.27. The van der Waals surface area contributed by atoms with Gasteiger partial charge in [0.2, 0.25) is 0 Å². The van der Waals surface area contributed by atoms with Gasteiger partial charge in [-0.15, -0.1) is 24.0 Å². The van der Waals surface area contributed by atoms with Gasteiger partial charge in [-0.2, -0.15) is 5.26 Å². The number of halogens is 1. The summed E-state index contributed by atoms with van der Waals surface area (Å²) < 4.78 is 5.19. The summed E-state index contributed by atoms with van der Waals surface area (Å²) in [6.45, 7) is 4.12. The molecule has 5 nitrogen and oxygen atoms in total. The molecule has 1 N–H and O–H groups in total. The van der Waals surface area contributed by atoms with E-state index in [-0.39, 0.29) is 24.0 Å². The molecule has 6 heteroatoms. The largest absolute Gasteiger partial charge is 0.497 e. The van der Waals surface area contributed by atoms with Crippen LogP contribution in [-0.2, 0) is 13.1 Å². The van der Waals surface area contributed by atoms with Crippen LogP contribution in [0.15, 0.2) is 53.5 Å². The Bertz CT molecular complexity index is 753. The maximum Gasteiger partial charge on any atom is 0.194 e. The van der Waals surface area contributed by atoms with E-state index >= 15 is 0 Å². The molecule has 0 saturated carbocycles. The molecule has 0 aromatic heterocycles. The van der Waals surface area contributed by atoms with E-state index in [0.29, 0.717) is 12.1 Å². The zero-order chi connectivity index (χ0) is 18.1. The van der Waals surface area contributed by atoms with Crippen LogP contribution in [0.25, 0.3) is 0 Å². The van der Waals surface area contributed by atoms with Crippen molar-refractivity contribution in [1.82, 2.24) is 10.2 Å². The molecule has 2 aromatic rings. The van der Waals surface area contributed by atoms with Crippen LogP contribution in [-0.4, -0.2) is 31.6 Å². The molecule has 0 radical (unpaired) electrons. The molecule has 26 heavy (non-hydrogen) atoms. The van der Waals surface area contributed by atoms with Crippen molar-refractivity contribution in [3.05, 3.63) is 65.2 Å². The summed E-state index contributed by atoms with van der Waals surface area (Å²) in [5.41, 5.74) is 2.86. The molecule has 0 heterocycles. The van der Waals surface area contributed by atoms with Crippen LogP contribution in [0.4, 0.5) is 0 Å². The zero-order valence-electron chi connectivity index (χ0n) is 15.4. The molecule has 138 valence electrons. The molecule has 0 aliphatic rings. The van der Waals surface area contributed by atoms with Crippen molar-refractivity contribution < 1.29 is 4.74 Å². The van der Waals surface area contributed by atoms with Gasteiger partial charge in [-0.25, -0.2) is 4.99 Å². The van der Waals surface area contributed by atoms with Crippen LogP contribution in [0.5, 0.6) is 5.75 Å². The first-order valence-electron chi connectivity index (χ1n) is 8.27. The monoisotopic (exact) mass is 464 g/mol. The van der Waals surface area contributed by atoms with Gasteiger partial charge in [0.15, 0.2) is 5.96 Å². The van der Waals surface area contributed by atoms with E-state index in [4.69, 9.17) is 10.00 Å². The number of ether oxygens (including phenoxy) is 1. The molecule has 0 atom stereocenters. The molecule has 0 fully saturated rings. The average Bonchev–Trinajstić information content (AvgIpc) is 2.65. The van der Waals surface area contributed by atoms with Crippen molar-refractivity contribution in [2.75, 3.05) is 20.7 Å². The standard InChI is InChI=1S/C20H24N4O.HI/c1-4-22-20(23-14-18-7-5-6-17(12-18)13-21)24(2)15-16-8-10-19(25-3)11-9-16;/h5-12H,4,14-15H2,1-3H3,(H,22,23);1H. The lowest BCUT2D eigenvalue weighted by atomic mass is 10.1. The number of guanidine groups is 1. The topological polar surface area (TPSA) is 60.7 Å². The number of nitrogens with one attached hydrogen (secondary N) is 1. The van der Waals surface area contributed by atoms with E-state index in [1.54, 1.807) is 13.2 Å². The van der Waals surface area contributed by atoms with Crippen LogP contribution in [0.2, 0.25) is 0 Å². The third kappa shape index (κ3) is 6.56. The molecule has 0 saturated heterocycles. The summed E-state index contributed by atoms with van der Waals surface area (Å²) in [6.07, 6.45) is 0. The second-order valence-corrected chi connectivity index (χ2v) is 5.69. The Morgan fingerprint density at radius 1 is 1.19 bits per heavy atom. The molecule has 0 bridgehead atoms. The minimum Gasteiger partial charge on any atom is -0.497 e. The van der Waals surface area contributed by atoms with Crippen LogP contribution in [0.3, 0.4) is 0 Å². The average molecular weight is 464 g/mol. The van der Waals surface area contributed by atoms with Crippen molar-refractivity contribution in [3.63, 3.8) is 0 Å². The Morgan fingerprint density at radius 3 is 2.54 bits per heavy atom. The molecular weight excluding hydrogens is 439 g/mol. The highest BCUT2D eigenvalue weighted by Crippen LogP contribution is 2.13. The summed E-state index contributed by atoms with van der Waals surface area (Å²) in [6, 6.07) is 17.7. The maximum absolute atomic E-state index is 9.00. The lowest BCUT2D eigenvalue weighted by Gasteiger charge is -2.22. The number of hydrogen-bond acceptors (Lipinski definition) is 3. The summed E-state index contributed by atoms with van der Waals surface area (Å²) in [7, 11) is 3.68. The third-order valence-corrected chi connectivity index (χ3v) is 3.74. The summed E-state index contributed by atoms with van der Waals surface area (Å²) in [4.78, 5) is 6.77. The minimum absolute atomic E-state index is 0. The van der Waals surface area contributed by atoms with Crippen molar-refractivity contribution in [2.24, 2.45) is 4.99 Å². The number of nitrogens with zero attached hydrogens (tertiary/aromatic N) is 3. The number of aliphatic imine (C=N–C) groups is 1. The zero-order valence-corrected chi connectivity index (χ0v) is 17.7. The third-order valence-electron chi connectivity index (χ3n) is 3.74. The smallest absolute Gasteiger partial charge is 0.194 e. The van der Waals surface area contributed by atoms with Gasteiger partial charge in [0, 0.05) is 20.1 Å². The van der Waals surface area contributed by atoms with E-state index in [1.165, 1.54) is 5.56 Å². The highest BCUT2D eigenvalue weighted by molar-refractivity contribution is 14.0. The fraction of sp³-hybridized carbons (Fsp3) is 0.300. The van der Waals surface area contributed by atoms with Crippen LogP contribution in [0, 0.1) is 11.3 Å². The molecular formula is C20H25IN4O.